The summed E-state index contributed by atoms with van der Waals surface area (Å²) in [5.74, 6) is -1.81. The van der Waals surface area contributed by atoms with E-state index in [0.29, 0.717) is 46.7 Å². The number of nitrogens with zero attached hydrogens (tertiary/aromatic N) is 6. The molecule has 10 nitrogen and oxygen atoms in total. The zero-order chi connectivity index (χ0) is 32.1. The number of methoxy groups -OCH3 is 1. The van der Waals surface area contributed by atoms with Crippen LogP contribution in [0.2, 0.25) is 0 Å². The molecule has 2 aromatic carbocycles. The third kappa shape index (κ3) is 4.81. The second-order valence-corrected chi connectivity index (χ2v) is 11.1. The van der Waals surface area contributed by atoms with E-state index in [2.05, 4.69) is 11.6 Å². The standard InChI is InChI=1S/C34H30F2N6O4/c1-5-29(43)41-9-10-42-27(19(41)2)17-25(39-42)33-30(31-23(36)15-21(35)16-28(31)45-13-12-44-4)22-8-11-46-34(22)32(38-33)20-6-7-26-24(14-20)37-18-40(26)3/h5-8,11,14-19H,1,9-10,12-13H2,2-4H3. The van der Waals surface area contributed by atoms with Crippen molar-refractivity contribution in [2.75, 3.05) is 26.9 Å². The number of aromatic nitrogens is 5. The lowest BCUT2D eigenvalue weighted by atomic mass is 9.94. The monoisotopic (exact) mass is 624 g/mol. The summed E-state index contributed by atoms with van der Waals surface area (Å²) in [5, 5.41) is 5.43. The molecule has 0 spiro atoms. The molecule has 12 heteroatoms. The van der Waals surface area contributed by atoms with Crippen molar-refractivity contribution < 1.29 is 27.5 Å². The number of amides is 1. The van der Waals surface area contributed by atoms with Crippen LogP contribution < -0.4 is 4.74 Å². The summed E-state index contributed by atoms with van der Waals surface area (Å²) in [6, 6.07) is 11.0. The molecule has 7 rings (SSSR count). The van der Waals surface area contributed by atoms with Gasteiger partial charge in [0, 0.05) is 49.3 Å². The van der Waals surface area contributed by atoms with Crippen LogP contribution in [0.3, 0.4) is 0 Å². The van der Waals surface area contributed by atoms with E-state index in [4.69, 9.17) is 24.0 Å². The number of hydrogen-bond donors (Lipinski definition) is 0. The maximum absolute atomic E-state index is 16.0. The number of halogens is 2. The minimum absolute atomic E-state index is 0.0112. The van der Waals surface area contributed by atoms with E-state index in [1.807, 2.05) is 47.5 Å². The molecule has 0 radical (unpaired) electrons. The van der Waals surface area contributed by atoms with Gasteiger partial charge in [-0.2, -0.15) is 5.10 Å². The van der Waals surface area contributed by atoms with Gasteiger partial charge in [-0.25, -0.2) is 18.7 Å². The quantitative estimate of drug-likeness (QED) is 0.145. The Labute approximate surface area is 262 Å². The molecule has 6 aromatic rings. The fourth-order valence-corrected chi connectivity index (χ4v) is 6.13. The minimum atomic E-state index is -0.833. The van der Waals surface area contributed by atoms with Crippen LogP contribution in [0.15, 0.2) is 72.1 Å². The maximum atomic E-state index is 16.0. The van der Waals surface area contributed by atoms with E-state index in [-0.39, 0.29) is 36.5 Å². The fourth-order valence-electron chi connectivity index (χ4n) is 6.13. The van der Waals surface area contributed by atoms with E-state index in [1.54, 1.807) is 17.3 Å². The summed E-state index contributed by atoms with van der Waals surface area (Å²) in [6.45, 7) is 6.72. The average molecular weight is 625 g/mol. The summed E-state index contributed by atoms with van der Waals surface area (Å²) >= 11 is 0. The Balaban J connectivity index is 1.50. The Morgan fingerprint density at radius 2 is 1.96 bits per heavy atom. The highest BCUT2D eigenvalue weighted by Crippen LogP contribution is 2.46. The Morgan fingerprint density at radius 3 is 2.76 bits per heavy atom. The molecular weight excluding hydrogens is 594 g/mol. The number of rotatable bonds is 8. The van der Waals surface area contributed by atoms with Crippen molar-refractivity contribution in [3.8, 4) is 39.5 Å². The van der Waals surface area contributed by atoms with Gasteiger partial charge in [0.1, 0.15) is 41.1 Å². The van der Waals surface area contributed by atoms with Crippen molar-refractivity contribution in [3.05, 3.63) is 85.0 Å². The molecule has 1 aliphatic heterocycles. The molecule has 5 heterocycles. The summed E-state index contributed by atoms with van der Waals surface area (Å²) in [6.07, 6.45) is 4.54. The molecule has 0 N–H and O–H groups in total. The zero-order valence-corrected chi connectivity index (χ0v) is 25.5. The fraction of sp³-hybridized carbons (Fsp3) is 0.235. The number of pyridine rings is 1. The van der Waals surface area contributed by atoms with Crippen molar-refractivity contribution in [3.63, 3.8) is 0 Å². The van der Waals surface area contributed by atoms with Gasteiger partial charge in [-0.1, -0.05) is 12.6 Å². The topological polar surface area (TPSA) is 100 Å². The molecule has 1 aliphatic rings. The molecule has 46 heavy (non-hydrogen) atoms. The summed E-state index contributed by atoms with van der Waals surface area (Å²) < 4.78 is 51.3. The van der Waals surface area contributed by atoms with Crippen LogP contribution in [0.5, 0.6) is 5.75 Å². The van der Waals surface area contributed by atoms with Crippen LogP contribution >= 0.6 is 0 Å². The van der Waals surface area contributed by atoms with Crippen molar-refractivity contribution in [2.45, 2.75) is 19.5 Å². The van der Waals surface area contributed by atoms with Crippen LogP contribution in [-0.4, -0.2) is 62.0 Å². The maximum Gasteiger partial charge on any atom is 0.246 e. The number of ether oxygens (including phenoxy) is 2. The summed E-state index contributed by atoms with van der Waals surface area (Å²) in [7, 11) is 3.43. The van der Waals surface area contributed by atoms with Crippen molar-refractivity contribution in [1.29, 1.82) is 0 Å². The SMILES string of the molecule is C=CC(=O)N1CCn2nc(-c3nc(-c4ccc5c(c4)ncn5C)c4occc4c3-c3c(F)cc(F)cc3OCCOC)cc2C1C. The Bertz CT molecular complexity index is 2150. The largest absolute Gasteiger partial charge is 0.490 e. The molecule has 234 valence electrons. The van der Waals surface area contributed by atoms with E-state index in [1.165, 1.54) is 19.4 Å². The van der Waals surface area contributed by atoms with Crippen molar-refractivity contribution >= 4 is 27.9 Å². The predicted octanol–water partition coefficient (Wildman–Crippen LogP) is 6.30. The first-order valence-electron chi connectivity index (χ1n) is 14.7. The lowest BCUT2D eigenvalue weighted by Crippen LogP contribution is -2.40. The first-order valence-corrected chi connectivity index (χ1v) is 14.7. The van der Waals surface area contributed by atoms with Gasteiger partial charge in [0.25, 0.3) is 0 Å². The highest BCUT2D eigenvalue weighted by atomic mass is 19.1. The van der Waals surface area contributed by atoms with Gasteiger partial charge in [0.15, 0.2) is 5.58 Å². The highest BCUT2D eigenvalue weighted by molar-refractivity contribution is 6.07. The molecule has 0 bridgehead atoms. The first kappa shape index (κ1) is 29.4. The van der Waals surface area contributed by atoms with Gasteiger partial charge < -0.3 is 23.4 Å². The molecule has 0 saturated carbocycles. The lowest BCUT2D eigenvalue weighted by molar-refractivity contribution is -0.129. The van der Waals surface area contributed by atoms with Gasteiger partial charge >= 0.3 is 0 Å². The van der Waals surface area contributed by atoms with Crippen LogP contribution in [0.1, 0.15) is 18.7 Å². The van der Waals surface area contributed by atoms with Gasteiger partial charge in [-0.3, -0.25) is 9.48 Å². The van der Waals surface area contributed by atoms with Crippen molar-refractivity contribution in [2.24, 2.45) is 7.05 Å². The van der Waals surface area contributed by atoms with Crippen LogP contribution in [0.25, 0.3) is 55.8 Å². The number of benzene rings is 2. The van der Waals surface area contributed by atoms with Crippen LogP contribution in [0, 0.1) is 11.6 Å². The summed E-state index contributed by atoms with van der Waals surface area (Å²) in [4.78, 5) is 23.9. The number of imidazole rings is 1. The second kappa shape index (κ2) is 11.5. The third-order valence-corrected chi connectivity index (χ3v) is 8.38. The highest BCUT2D eigenvalue weighted by Gasteiger charge is 2.31. The Hall–Kier alpha value is -5.36. The van der Waals surface area contributed by atoms with E-state index in [0.717, 1.165) is 34.4 Å². The van der Waals surface area contributed by atoms with Gasteiger partial charge in [0.05, 0.1) is 54.1 Å². The predicted molar refractivity (Wildman–Crippen MR) is 168 cm³/mol. The van der Waals surface area contributed by atoms with E-state index < -0.39 is 11.6 Å². The number of fused-ring (bicyclic) bond motifs is 3. The zero-order valence-electron chi connectivity index (χ0n) is 25.5. The van der Waals surface area contributed by atoms with E-state index in [9.17, 15) is 9.18 Å². The molecule has 1 amide bonds. The van der Waals surface area contributed by atoms with Gasteiger partial charge in [-0.05, 0) is 37.3 Å². The Morgan fingerprint density at radius 1 is 1.11 bits per heavy atom. The van der Waals surface area contributed by atoms with Crippen molar-refractivity contribution in [1.82, 2.24) is 29.2 Å². The first-order chi connectivity index (χ1) is 22.3. The smallest absolute Gasteiger partial charge is 0.246 e. The van der Waals surface area contributed by atoms with Gasteiger partial charge in [-0.15, -0.1) is 0 Å². The van der Waals surface area contributed by atoms with Crippen LogP contribution in [0.4, 0.5) is 8.78 Å². The second-order valence-electron chi connectivity index (χ2n) is 11.1. The molecule has 1 atom stereocenters. The number of carbonyl (C=O) groups excluding carboxylic acids is 1. The molecule has 0 aliphatic carbocycles. The molecule has 0 saturated heterocycles. The van der Waals surface area contributed by atoms with Crippen LogP contribution in [-0.2, 0) is 23.1 Å². The molecular formula is C34H30F2N6O4. The molecule has 1 unspecified atom stereocenters. The number of hydrogen-bond acceptors (Lipinski definition) is 7. The molecule has 4 aromatic heterocycles. The summed E-state index contributed by atoms with van der Waals surface area (Å²) in [5.41, 5.74) is 5.25. The average Bonchev–Trinajstić information content (AvgIpc) is 3.79. The normalized spacial score (nSPS) is 14.6. The number of furan rings is 1. The third-order valence-electron chi connectivity index (χ3n) is 8.38. The van der Waals surface area contributed by atoms with Gasteiger partial charge in [0.2, 0.25) is 5.91 Å². The number of aryl methyl sites for hydroxylation is 1. The Kier molecular flexibility index (Phi) is 7.36. The number of carbonyl (C=O) groups is 1. The minimum Gasteiger partial charge on any atom is -0.490 e. The van der Waals surface area contributed by atoms with E-state index >= 15 is 4.39 Å². The lowest BCUT2D eigenvalue weighted by Gasteiger charge is -2.33. The molecule has 0 fully saturated rings.